The smallest absolute Gasteiger partial charge is 0.119 e. The lowest BCUT2D eigenvalue weighted by molar-refractivity contribution is -0.255. The Balaban J connectivity index is 2.73. The first kappa shape index (κ1) is 9.92. The summed E-state index contributed by atoms with van der Waals surface area (Å²) >= 11 is 3.96. The Morgan fingerprint density at radius 2 is 2.31 bits per heavy atom. The van der Waals surface area contributed by atoms with Crippen molar-refractivity contribution >= 4 is 18.6 Å². The van der Waals surface area contributed by atoms with Crippen molar-refractivity contribution in [3.63, 3.8) is 0 Å². The minimum absolute atomic E-state index is 0.122. The van der Waals surface area contributed by atoms with Gasteiger partial charge in [-0.1, -0.05) is 12.1 Å². The average Bonchev–Trinajstić information content (AvgIpc) is 2.15. The minimum Gasteiger partial charge on any atom is -0.545 e. The lowest BCUT2D eigenvalue weighted by atomic mass is 10.2. The van der Waals surface area contributed by atoms with Crippen molar-refractivity contribution in [3.8, 4) is 5.75 Å². The first-order valence-electron chi connectivity index (χ1n) is 3.79. The summed E-state index contributed by atoms with van der Waals surface area (Å²) in [5.41, 5.74) is 0.122. The summed E-state index contributed by atoms with van der Waals surface area (Å²) in [5.74, 6) is -0.0812. The molecule has 1 aromatic carbocycles. The molecule has 0 N–H and O–H groups in total. The van der Waals surface area contributed by atoms with Gasteiger partial charge in [0.2, 0.25) is 0 Å². The van der Waals surface area contributed by atoms with E-state index in [2.05, 4.69) is 12.6 Å². The maximum atomic E-state index is 10.4. The average molecular weight is 197 g/mol. The van der Waals surface area contributed by atoms with Crippen LogP contribution in [0.3, 0.4) is 0 Å². The molecule has 1 rings (SSSR count). The molecule has 3 nitrogen and oxygen atoms in total. The van der Waals surface area contributed by atoms with Crippen LogP contribution in [-0.2, 0) is 0 Å². The Morgan fingerprint density at radius 1 is 1.54 bits per heavy atom. The van der Waals surface area contributed by atoms with E-state index in [0.717, 1.165) is 0 Å². The molecule has 0 aliphatic rings. The van der Waals surface area contributed by atoms with Crippen molar-refractivity contribution in [1.82, 2.24) is 0 Å². The molecule has 0 fully saturated rings. The standard InChI is InChI=1S/C9H10O3S/c10-9(11)7-2-1-3-8(6-7)12-4-5-13/h1-3,6,13H,4-5H2,(H,10,11)/p-1. The van der Waals surface area contributed by atoms with Crippen molar-refractivity contribution in [3.05, 3.63) is 29.8 Å². The summed E-state index contributed by atoms with van der Waals surface area (Å²) in [5, 5.41) is 10.4. The van der Waals surface area contributed by atoms with Gasteiger partial charge in [-0.3, -0.25) is 0 Å². The van der Waals surface area contributed by atoms with Gasteiger partial charge in [0, 0.05) is 11.3 Å². The van der Waals surface area contributed by atoms with Crippen LogP contribution in [-0.4, -0.2) is 18.3 Å². The van der Waals surface area contributed by atoms with Crippen LogP contribution in [0.25, 0.3) is 0 Å². The van der Waals surface area contributed by atoms with Gasteiger partial charge in [0.15, 0.2) is 0 Å². The molecule has 13 heavy (non-hydrogen) atoms. The number of aromatic carboxylic acids is 1. The molecule has 0 aliphatic heterocycles. The lowest BCUT2D eigenvalue weighted by Crippen LogP contribution is -2.22. The third-order valence-corrected chi connectivity index (χ3v) is 1.61. The van der Waals surface area contributed by atoms with E-state index < -0.39 is 5.97 Å². The van der Waals surface area contributed by atoms with Gasteiger partial charge in [0.25, 0.3) is 0 Å². The highest BCUT2D eigenvalue weighted by atomic mass is 32.1. The summed E-state index contributed by atoms with van der Waals surface area (Å²) in [7, 11) is 0. The van der Waals surface area contributed by atoms with E-state index in [-0.39, 0.29) is 5.56 Å². The quantitative estimate of drug-likeness (QED) is 0.709. The highest BCUT2D eigenvalue weighted by Crippen LogP contribution is 2.12. The molecule has 1 aromatic rings. The zero-order valence-electron chi connectivity index (χ0n) is 6.90. The zero-order chi connectivity index (χ0) is 9.68. The van der Waals surface area contributed by atoms with Crippen LogP contribution in [0.15, 0.2) is 24.3 Å². The van der Waals surface area contributed by atoms with E-state index in [1.807, 2.05) is 0 Å². The number of benzene rings is 1. The second-order valence-corrected chi connectivity index (χ2v) is 2.83. The predicted octanol–water partition coefficient (Wildman–Crippen LogP) is 0.359. The van der Waals surface area contributed by atoms with Gasteiger partial charge < -0.3 is 14.6 Å². The summed E-state index contributed by atoms with van der Waals surface area (Å²) in [6.45, 7) is 0.458. The topological polar surface area (TPSA) is 49.4 Å². The SMILES string of the molecule is O=C([O-])c1cccc(OCCS)c1. The molecule has 70 valence electrons. The van der Waals surface area contributed by atoms with Gasteiger partial charge in [-0.15, -0.1) is 0 Å². The summed E-state index contributed by atoms with van der Waals surface area (Å²) in [6.07, 6.45) is 0. The van der Waals surface area contributed by atoms with E-state index in [1.165, 1.54) is 12.1 Å². The molecular formula is C9H9O3S-. The Morgan fingerprint density at radius 3 is 2.92 bits per heavy atom. The van der Waals surface area contributed by atoms with Gasteiger partial charge in [-0.05, 0) is 12.1 Å². The van der Waals surface area contributed by atoms with E-state index in [0.29, 0.717) is 18.1 Å². The second-order valence-electron chi connectivity index (χ2n) is 2.39. The molecule has 0 aromatic heterocycles. The molecular weight excluding hydrogens is 188 g/mol. The minimum atomic E-state index is -1.20. The Kier molecular flexibility index (Phi) is 3.64. The monoisotopic (exact) mass is 197 g/mol. The van der Waals surface area contributed by atoms with Gasteiger partial charge in [0.1, 0.15) is 5.75 Å². The highest BCUT2D eigenvalue weighted by Gasteiger charge is 1.96. The number of carboxylic acid groups (broad SMARTS) is 1. The van der Waals surface area contributed by atoms with Gasteiger partial charge in [-0.25, -0.2) is 0 Å². The molecule has 0 spiro atoms. The third kappa shape index (κ3) is 2.99. The van der Waals surface area contributed by atoms with Crippen molar-refractivity contribution in [2.24, 2.45) is 0 Å². The molecule has 0 unspecified atom stereocenters. The normalized spacial score (nSPS) is 9.62. The zero-order valence-corrected chi connectivity index (χ0v) is 7.79. The molecule has 0 saturated heterocycles. The number of carbonyl (C=O) groups excluding carboxylic acids is 1. The lowest BCUT2D eigenvalue weighted by Gasteiger charge is -2.06. The first-order valence-corrected chi connectivity index (χ1v) is 4.42. The number of hydrogen-bond donors (Lipinski definition) is 1. The fourth-order valence-corrected chi connectivity index (χ4v) is 0.968. The van der Waals surface area contributed by atoms with E-state index in [1.54, 1.807) is 12.1 Å². The summed E-state index contributed by atoms with van der Waals surface area (Å²) < 4.78 is 5.18. The molecule has 0 atom stereocenters. The maximum Gasteiger partial charge on any atom is 0.119 e. The van der Waals surface area contributed by atoms with Gasteiger partial charge in [-0.2, -0.15) is 12.6 Å². The Hall–Kier alpha value is -1.16. The number of hydrogen-bond acceptors (Lipinski definition) is 4. The molecule has 0 aliphatic carbocycles. The fraction of sp³-hybridized carbons (Fsp3) is 0.222. The van der Waals surface area contributed by atoms with Crippen molar-refractivity contribution < 1.29 is 14.6 Å². The molecule has 0 bridgehead atoms. The van der Waals surface area contributed by atoms with Crippen molar-refractivity contribution in [2.45, 2.75) is 0 Å². The summed E-state index contributed by atoms with van der Waals surface area (Å²) in [6, 6.07) is 6.19. The summed E-state index contributed by atoms with van der Waals surface area (Å²) in [4.78, 5) is 10.4. The number of carbonyl (C=O) groups is 1. The van der Waals surface area contributed by atoms with E-state index in [4.69, 9.17) is 4.74 Å². The van der Waals surface area contributed by atoms with E-state index in [9.17, 15) is 9.90 Å². The second kappa shape index (κ2) is 4.77. The van der Waals surface area contributed by atoms with Crippen LogP contribution >= 0.6 is 12.6 Å². The van der Waals surface area contributed by atoms with Crippen molar-refractivity contribution in [1.29, 1.82) is 0 Å². The van der Waals surface area contributed by atoms with Crippen LogP contribution in [0.4, 0.5) is 0 Å². The van der Waals surface area contributed by atoms with Crippen LogP contribution in [0.1, 0.15) is 10.4 Å². The maximum absolute atomic E-state index is 10.4. The molecule has 0 radical (unpaired) electrons. The number of ether oxygens (including phenoxy) is 1. The van der Waals surface area contributed by atoms with Crippen LogP contribution in [0, 0.1) is 0 Å². The Labute approximate surface area is 81.8 Å². The molecule has 0 saturated carbocycles. The molecule has 0 amide bonds. The highest BCUT2D eigenvalue weighted by molar-refractivity contribution is 7.80. The number of thiol groups is 1. The van der Waals surface area contributed by atoms with Crippen LogP contribution < -0.4 is 9.84 Å². The number of carboxylic acids is 1. The van der Waals surface area contributed by atoms with Crippen LogP contribution in [0.5, 0.6) is 5.75 Å². The van der Waals surface area contributed by atoms with Crippen molar-refractivity contribution in [2.75, 3.05) is 12.4 Å². The van der Waals surface area contributed by atoms with Crippen LogP contribution in [0.2, 0.25) is 0 Å². The number of rotatable bonds is 4. The van der Waals surface area contributed by atoms with Gasteiger partial charge >= 0.3 is 0 Å². The largest absolute Gasteiger partial charge is 0.545 e. The molecule has 0 heterocycles. The Bertz CT molecular complexity index is 299. The third-order valence-electron chi connectivity index (χ3n) is 1.43. The predicted molar refractivity (Wildman–Crippen MR) is 50.1 cm³/mol. The van der Waals surface area contributed by atoms with Gasteiger partial charge in [0.05, 0.1) is 12.6 Å². The molecule has 4 heteroatoms. The van der Waals surface area contributed by atoms with E-state index >= 15 is 0 Å². The fourth-order valence-electron chi connectivity index (χ4n) is 0.876. The first-order chi connectivity index (χ1) is 6.24.